The molecule has 1 saturated heterocycles. The summed E-state index contributed by atoms with van der Waals surface area (Å²) in [5.74, 6) is 0.550. The number of benzene rings is 1. The summed E-state index contributed by atoms with van der Waals surface area (Å²) in [6.07, 6.45) is 1.24. The molecule has 0 spiro atoms. The van der Waals surface area contributed by atoms with Gasteiger partial charge in [0.25, 0.3) is 5.91 Å². The van der Waals surface area contributed by atoms with Crippen LogP contribution in [0, 0.1) is 0 Å². The van der Waals surface area contributed by atoms with E-state index in [1.165, 1.54) is 0 Å². The van der Waals surface area contributed by atoms with Gasteiger partial charge >= 0.3 is 0 Å². The zero-order valence-corrected chi connectivity index (χ0v) is 10.3. The number of ether oxygens (including phenoxy) is 1. The number of methoxy groups -OCH3 is 1. The van der Waals surface area contributed by atoms with Gasteiger partial charge in [-0.05, 0) is 12.1 Å². The predicted octanol–water partition coefficient (Wildman–Crippen LogP) is 1.76. The SMILES string of the molecule is COc1ccccc1C(=O)N1CCC(=NO)CC1. The number of amides is 1. The first-order chi connectivity index (χ1) is 8.76. The standard InChI is InChI=1S/C13H16N2O3/c1-18-12-5-3-2-4-11(12)13(16)15-8-6-10(14-17)7-9-15/h2-5,17H,6-9H2,1H3. The molecule has 1 aliphatic rings. The molecule has 5 nitrogen and oxygen atoms in total. The number of nitrogens with zero attached hydrogens (tertiary/aromatic N) is 2. The van der Waals surface area contributed by atoms with Crippen molar-refractivity contribution in [1.82, 2.24) is 4.90 Å². The Morgan fingerprint density at radius 2 is 2.00 bits per heavy atom. The molecule has 1 fully saturated rings. The van der Waals surface area contributed by atoms with Crippen LogP contribution in [0.15, 0.2) is 29.4 Å². The van der Waals surface area contributed by atoms with Gasteiger partial charge in [0, 0.05) is 25.9 Å². The van der Waals surface area contributed by atoms with Crippen LogP contribution in [0.25, 0.3) is 0 Å². The van der Waals surface area contributed by atoms with Crippen LogP contribution in [-0.2, 0) is 0 Å². The fraction of sp³-hybridized carbons (Fsp3) is 0.385. The summed E-state index contributed by atoms with van der Waals surface area (Å²) in [7, 11) is 1.55. The van der Waals surface area contributed by atoms with Gasteiger partial charge in [0.15, 0.2) is 0 Å². The van der Waals surface area contributed by atoms with Crippen molar-refractivity contribution in [3.63, 3.8) is 0 Å². The Hall–Kier alpha value is -2.04. The molecule has 1 aromatic carbocycles. The molecule has 1 amide bonds. The maximum atomic E-state index is 12.3. The van der Waals surface area contributed by atoms with Crippen molar-refractivity contribution in [2.24, 2.45) is 5.16 Å². The molecular weight excluding hydrogens is 232 g/mol. The summed E-state index contributed by atoms with van der Waals surface area (Å²) < 4.78 is 5.19. The minimum atomic E-state index is -0.0376. The monoisotopic (exact) mass is 248 g/mol. The molecule has 0 atom stereocenters. The quantitative estimate of drug-likeness (QED) is 0.640. The Morgan fingerprint density at radius 3 is 2.61 bits per heavy atom. The van der Waals surface area contributed by atoms with E-state index in [1.807, 2.05) is 12.1 Å². The van der Waals surface area contributed by atoms with Crippen LogP contribution < -0.4 is 4.74 Å². The predicted molar refractivity (Wildman–Crippen MR) is 67.4 cm³/mol. The molecule has 0 bridgehead atoms. The smallest absolute Gasteiger partial charge is 0.257 e. The van der Waals surface area contributed by atoms with E-state index in [0.717, 1.165) is 5.71 Å². The minimum absolute atomic E-state index is 0.0376. The number of likely N-dealkylation sites (tertiary alicyclic amines) is 1. The number of piperidine rings is 1. The van der Waals surface area contributed by atoms with Crippen molar-refractivity contribution in [2.45, 2.75) is 12.8 Å². The second kappa shape index (κ2) is 5.53. The molecule has 0 unspecified atom stereocenters. The fourth-order valence-electron chi connectivity index (χ4n) is 2.06. The van der Waals surface area contributed by atoms with Gasteiger partial charge in [-0.15, -0.1) is 0 Å². The van der Waals surface area contributed by atoms with E-state index in [0.29, 0.717) is 37.2 Å². The van der Waals surface area contributed by atoms with Crippen molar-refractivity contribution in [1.29, 1.82) is 0 Å². The van der Waals surface area contributed by atoms with Crippen molar-refractivity contribution in [3.05, 3.63) is 29.8 Å². The number of oxime groups is 1. The van der Waals surface area contributed by atoms with Gasteiger partial charge in [-0.1, -0.05) is 17.3 Å². The van der Waals surface area contributed by atoms with Crippen LogP contribution in [0.3, 0.4) is 0 Å². The maximum absolute atomic E-state index is 12.3. The van der Waals surface area contributed by atoms with Crippen molar-refractivity contribution in [2.75, 3.05) is 20.2 Å². The fourth-order valence-corrected chi connectivity index (χ4v) is 2.06. The first-order valence-electron chi connectivity index (χ1n) is 5.88. The summed E-state index contributed by atoms with van der Waals surface area (Å²) in [5, 5.41) is 11.9. The van der Waals surface area contributed by atoms with E-state index in [-0.39, 0.29) is 5.91 Å². The number of hydrogen-bond acceptors (Lipinski definition) is 4. The third-order valence-corrected chi connectivity index (χ3v) is 3.11. The van der Waals surface area contributed by atoms with Gasteiger partial charge in [-0.25, -0.2) is 0 Å². The van der Waals surface area contributed by atoms with Gasteiger partial charge in [-0.3, -0.25) is 4.79 Å². The van der Waals surface area contributed by atoms with Crippen LogP contribution in [0.5, 0.6) is 5.75 Å². The lowest BCUT2D eigenvalue weighted by Crippen LogP contribution is -2.38. The molecule has 0 aromatic heterocycles. The molecule has 1 aliphatic heterocycles. The third-order valence-electron chi connectivity index (χ3n) is 3.11. The zero-order valence-electron chi connectivity index (χ0n) is 10.3. The molecule has 1 aromatic rings. The highest BCUT2D eigenvalue weighted by atomic mass is 16.5. The number of para-hydroxylation sites is 1. The Kier molecular flexibility index (Phi) is 3.82. The average molecular weight is 248 g/mol. The molecule has 0 radical (unpaired) electrons. The topological polar surface area (TPSA) is 62.1 Å². The van der Waals surface area contributed by atoms with E-state index in [2.05, 4.69) is 5.16 Å². The number of carbonyl (C=O) groups excluding carboxylic acids is 1. The highest BCUT2D eigenvalue weighted by molar-refractivity contribution is 5.98. The number of rotatable bonds is 2. The Balaban J connectivity index is 2.12. The van der Waals surface area contributed by atoms with Crippen LogP contribution >= 0.6 is 0 Å². The van der Waals surface area contributed by atoms with Crippen LogP contribution in [0.1, 0.15) is 23.2 Å². The Bertz CT molecular complexity index is 461. The molecule has 1 heterocycles. The normalized spacial score (nSPS) is 15.4. The lowest BCUT2D eigenvalue weighted by Gasteiger charge is -2.27. The molecule has 0 saturated carbocycles. The highest BCUT2D eigenvalue weighted by Gasteiger charge is 2.23. The molecule has 1 N–H and O–H groups in total. The van der Waals surface area contributed by atoms with Gasteiger partial charge in [0.05, 0.1) is 18.4 Å². The molecule has 0 aliphatic carbocycles. The molecule has 5 heteroatoms. The number of carbonyl (C=O) groups is 1. The second-order valence-corrected chi connectivity index (χ2v) is 4.16. The van der Waals surface area contributed by atoms with E-state index < -0.39 is 0 Å². The van der Waals surface area contributed by atoms with Gasteiger partial charge in [0.2, 0.25) is 0 Å². The molecule has 96 valence electrons. The van der Waals surface area contributed by atoms with Crippen LogP contribution in [-0.4, -0.2) is 41.9 Å². The van der Waals surface area contributed by atoms with E-state index in [1.54, 1.807) is 24.1 Å². The minimum Gasteiger partial charge on any atom is -0.496 e. The number of hydrogen-bond donors (Lipinski definition) is 1. The third kappa shape index (κ3) is 2.45. The van der Waals surface area contributed by atoms with E-state index in [4.69, 9.17) is 9.94 Å². The maximum Gasteiger partial charge on any atom is 0.257 e. The Morgan fingerprint density at radius 1 is 1.33 bits per heavy atom. The van der Waals surface area contributed by atoms with Crippen LogP contribution in [0.2, 0.25) is 0 Å². The van der Waals surface area contributed by atoms with Crippen molar-refractivity contribution in [3.8, 4) is 5.75 Å². The summed E-state index contributed by atoms with van der Waals surface area (Å²) in [6, 6.07) is 7.19. The lowest BCUT2D eigenvalue weighted by molar-refractivity contribution is 0.0750. The molecule has 2 rings (SSSR count). The summed E-state index contributed by atoms with van der Waals surface area (Å²) in [4.78, 5) is 14.1. The second-order valence-electron chi connectivity index (χ2n) is 4.16. The van der Waals surface area contributed by atoms with Gasteiger partial charge < -0.3 is 14.8 Å². The average Bonchev–Trinajstić information content (AvgIpc) is 2.46. The van der Waals surface area contributed by atoms with E-state index in [9.17, 15) is 4.79 Å². The van der Waals surface area contributed by atoms with E-state index >= 15 is 0 Å². The van der Waals surface area contributed by atoms with Gasteiger partial charge in [0.1, 0.15) is 5.75 Å². The Labute approximate surface area is 106 Å². The zero-order chi connectivity index (χ0) is 13.0. The van der Waals surface area contributed by atoms with Crippen molar-refractivity contribution >= 4 is 11.6 Å². The summed E-state index contributed by atoms with van der Waals surface area (Å²) >= 11 is 0. The largest absolute Gasteiger partial charge is 0.496 e. The van der Waals surface area contributed by atoms with Crippen molar-refractivity contribution < 1.29 is 14.7 Å². The molecular formula is C13H16N2O3. The first-order valence-corrected chi connectivity index (χ1v) is 5.88. The first kappa shape index (κ1) is 12.4. The summed E-state index contributed by atoms with van der Waals surface area (Å²) in [6.45, 7) is 1.16. The van der Waals surface area contributed by atoms with Gasteiger partial charge in [-0.2, -0.15) is 0 Å². The summed E-state index contributed by atoms with van der Waals surface area (Å²) in [5.41, 5.74) is 1.32. The highest BCUT2D eigenvalue weighted by Crippen LogP contribution is 2.20. The van der Waals surface area contributed by atoms with Crippen LogP contribution in [0.4, 0.5) is 0 Å². The molecule has 18 heavy (non-hydrogen) atoms. The lowest BCUT2D eigenvalue weighted by atomic mass is 10.1.